The molecule has 1 N–H and O–H groups in total. The predicted molar refractivity (Wildman–Crippen MR) is 68.1 cm³/mol. The van der Waals surface area contributed by atoms with E-state index >= 15 is 0 Å². The summed E-state index contributed by atoms with van der Waals surface area (Å²) < 4.78 is 0. The first kappa shape index (κ1) is 12.8. The lowest BCUT2D eigenvalue weighted by Crippen LogP contribution is -2.34. The van der Waals surface area contributed by atoms with Gasteiger partial charge in [-0.15, -0.1) is 12.4 Å². The van der Waals surface area contributed by atoms with E-state index in [4.69, 9.17) is 11.6 Å². The van der Waals surface area contributed by atoms with Crippen molar-refractivity contribution >= 4 is 24.0 Å². The van der Waals surface area contributed by atoms with Gasteiger partial charge < -0.3 is 5.32 Å². The van der Waals surface area contributed by atoms with Crippen molar-refractivity contribution < 1.29 is 0 Å². The van der Waals surface area contributed by atoms with Crippen molar-refractivity contribution in [3.8, 4) is 0 Å². The second-order valence-corrected chi connectivity index (χ2v) is 4.56. The average Bonchev–Trinajstić information content (AvgIpc) is 2.19. The maximum Gasteiger partial charge on any atom is 0.0406 e. The Morgan fingerprint density at radius 2 is 1.93 bits per heavy atom. The number of hydrogen-bond donors (Lipinski definition) is 1. The molecule has 0 aromatic heterocycles. The molecule has 0 saturated carbocycles. The number of benzene rings is 1. The molecule has 0 radical (unpaired) electrons. The Hall–Kier alpha value is -0.240. The minimum atomic E-state index is 0. The van der Waals surface area contributed by atoms with Crippen molar-refractivity contribution in [3.05, 3.63) is 34.9 Å². The first-order valence-electron chi connectivity index (χ1n) is 5.24. The van der Waals surface area contributed by atoms with Crippen LogP contribution in [0.15, 0.2) is 24.3 Å². The standard InChI is InChI=1S/C12H16ClN.ClH/c1-9-8-11(6-7-14-9)10-2-4-12(13)5-3-10;/h2-5,9,11,14H,6-8H2,1H3;1H. The van der Waals surface area contributed by atoms with Crippen LogP contribution >= 0.6 is 24.0 Å². The van der Waals surface area contributed by atoms with E-state index in [2.05, 4.69) is 24.4 Å². The fraction of sp³-hybridized carbons (Fsp3) is 0.500. The predicted octanol–water partition coefficient (Wildman–Crippen LogP) is 3.62. The Morgan fingerprint density at radius 1 is 1.27 bits per heavy atom. The highest BCUT2D eigenvalue weighted by Crippen LogP contribution is 2.28. The van der Waals surface area contributed by atoms with Crippen LogP contribution in [0, 0.1) is 0 Å². The highest BCUT2D eigenvalue weighted by molar-refractivity contribution is 6.30. The first-order chi connectivity index (χ1) is 6.75. The van der Waals surface area contributed by atoms with E-state index in [1.807, 2.05) is 12.1 Å². The number of rotatable bonds is 1. The van der Waals surface area contributed by atoms with Crippen molar-refractivity contribution in [1.29, 1.82) is 0 Å². The molecule has 1 fully saturated rings. The van der Waals surface area contributed by atoms with Crippen LogP contribution in [0.1, 0.15) is 31.2 Å². The van der Waals surface area contributed by atoms with Crippen LogP contribution in [0.3, 0.4) is 0 Å². The second-order valence-electron chi connectivity index (χ2n) is 4.13. The van der Waals surface area contributed by atoms with Crippen LogP contribution in [0.25, 0.3) is 0 Å². The van der Waals surface area contributed by atoms with Gasteiger partial charge in [-0.05, 0) is 49.9 Å². The lowest BCUT2D eigenvalue weighted by molar-refractivity contribution is 0.381. The Labute approximate surface area is 103 Å². The first-order valence-corrected chi connectivity index (χ1v) is 5.62. The summed E-state index contributed by atoms with van der Waals surface area (Å²) in [6.07, 6.45) is 2.48. The van der Waals surface area contributed by atoms with Gasteiger partial charge in [-0.1, -0.05) is 23.7 Å². The molecule has 1 heterocycles. The van der Waals surface area contributed by atoms with E-state index < -0.39 is 0 Å². The van der Waals surface area contributed by atoms with Crippen LogP contribution in [-0.2, 0) is 0 Å². The Morgan fingerprint density at radius 3 is 2.53 bits per heavy atom. The normalized spacial score (nSPS) is 25.7. The van der Waals surface area contributed by atoms with Gasteiger partial charge in [0.1, 0.15) is 0 Å². The van der Waals surface area contributed by atoms with E-state index in [9.17, 15) is 0 Å². The van der Waals surface area contributed by atoms with Gasteiger partial charge in [0.2, 0.25) is 0 Å². The van der Waals surface area contributed by atoms with E-state index in [1.54, 1.807) is 0 Å². The third-order valence-electron chi connectivity index (χ3n) is 2.97. The summed E-state index contributed by atoms with van der Waals surface area (Å²) in [6.45, 7) is 3.39. The summed E-state index contributed by atoms with van der Waals surface area (Å²) in [5.41, 5.74) is 1.43. The number of halogens is 2. The van der Waals surface area contributed by atoms with Gasteiger partial charge >= 0.3 is 0 Å². The molecule has 1 aliphatic rings. The molecule has 1 aromatic carbocycles. The lowest BCUT2D eigenvalue weighted by Gasteiger charge is -2.28. The molecule has 1 aromatic rings. The third-order valence-corrected chi connectivity index (χ3v) is 3.22. The summed E-state index contributed by atoms with van der Waals surface area (Å²) in [4.78, 5) is 0. The monoisotopic (exact) mass is 245 g/mol. The van der Waals surface area contributed by atoms with Crippen molar-refractivity contribution in [2.24, 2.45) is 0 Å². The summed E-state index contributed by atoms with van der Waals surface area (Å²) >= 11 is 5.87. The maximum absolute atomic E-state index is 5.87. The van der Waals surface area contributed by atoms with Gasteiger partial charge in [0.25, 0.3) is 0 Å². The SMILES string of the molecule is CC1CC(c2ccc(Cl)cc2)CCN1.Cl. The fourth-order valence-electron chi connectivity index (χ4n) is 2.17. The van der Waals surface area contributed by atoms with E-state index in [1.165, 1.54) is 18.4 Å². The minimum Gasteiger partial charge on any atom is -0.314 e. The molecule has 0 bridgehead atoms. The lowest BCUT2D eigenvalue weighted by atomic mass is 9.87. The van der Waals surface area contributed by atoms with Gasteiger partial charge in [-0.25, -0.2) is 0 Å². The molecule has 2 unspecified atom stereocenters. The van der Waals surface area contributed by atoms with Gasteiger partial charge in [-0.2, -0.15) is 0 Å². The highest BCUT2D eigenvalue weighted by atomic mass is 35.5. The molecule has 15 heavy (non-hydrogen) atoms. The summed E-state index contributed by atoms with van der Waals surface area (Å²) in [5, 5.41) is 4.30. The number of piperidine rings is 1. The Balaban J connectivity index is 0.00000112. The fourth-order valence-corrected chi connectivity index (χ4v) is 2.30. The van der Waals surface area contributed by atoms with Crippen molar-refractivity contribution in [1.82, 2.24) is 5.32 Å². The van der Waals surface area contributed by atoms with Crippen LogP contribution in [0.4, 0.5) is 0 Å². The van der Waals surface area contributed by atoms with E-state index in [0.717, 1.165) is 11.6 Å². The second kappa shape index (κ2) is 5.74. The van der Waals surface area contributed by atoms with Crippen molar-refractivity contribution in [2.75, 3.05) is 6.54 Å². The van der Waals surface area contributed by atoms with Gasteiger partial charge in [0.15, 0.2) is 0 Å². The van der Waals surface area contributed by atoms with Crippen molar-refractivity contribution in [3.63, 3.8) is 0 Å². The number of hydrogen-bond acceptors (Lipinski definition) is 1. The third kappa shape index (κ3) is 3.37. The molecular formula is C12H17Cl2N. The summed E-state index contributed by atoms with van der Waals surface area (Å²) in [5.74, 6) is 0.712. The number of nitrogens with one attached hydrogen (secondary N) is 1. The molecule has 0 aliphatic carbocycles. The van der Waals surface area contributed by atoms with Gasteiger partial charge in [-0.3, -0.25) is 0 Å². The molecule has 0 spiro atoms. The Bertz CT molecular complexity index is 297. The quantitative estimate of drug-likeness (QED) is 0.798. The molecule has 2 atom stereocenters. The van der Waals surface area contributed by atoms with Gasteiger partial charge in [0, 0.05) is 11.1 Å². The van der Waals surface area contributed by atoms with Crippen molar-refractivity contribution in [2.45, 2.75) is 31.7 Å². The molecule has 2 rings (SSSR count). The zero-order valence-electron chi connectivity index (χ0n) is 8.87. The molecule has 1 saturated heterocycles. The maximum atomic E-state index is 5.87. The molecule has 0 amide bonds. The smallest absolute Gasteiger partial charge is 0.0406 e. The summed E-state index contributed by atoms with van der Waals surface area (Å²) in [7, 11) is 0. The zero-order chi connectivity index (χ0) is 9.97. The molecular weight excluding hydrogens is 229 g/mol. The topological polar surface area (TPSA) is 12.0 Å². The zero-order valence-corrected chi connectivity index (χ0v) is 10.4. The van der Waals surface area contributed by atoms with E-state index in [-0.39, 0.29) is 12.4 Å². The minimum absolute atomic E-state index is 0. The van der Waals surface area contributed by atoms with Crippen LogP contribution < -0.4 is 5.32 Å². The highest BCUT2D eigenvalue weighted by Gasteiger charge is 2.19. The molecule has 1 nitrogen and oxygen atoms in total. The van der Waals surface area contributed by atoms with Gasteiger partial charge in [0.05, 0.1) is 0 Å². The molecule has 84 valence electrons. The Kier molecular flexibility index (Phi) is 4.91. The average molecular weight is 246 g/mol. The van der Waals surface area contributed by atoms with Crippen LogP contribution in [0.2, 0.25) is 5.02 Å². The molecule has 1 aliphatic heterocycles. The van der Waals surface area contributed by atoms with E-state index in [0.29, 0.717) is 12.0 Å². The van der Waals surface area contributed by atoms with Crippen LogP contribution in [-0.4, -0.2) is 12.6 Å². The molecule has 3 heteroatoms. The summed E-state index contributed by atoms with van der Waals surface area (Å²) in [6, 6.07) is 8.94. The van der Waals surface area contributed by atoms with Crippen LogP contribution in [0.5, 0.6) is 0 Å². The largest absolute Gasteiger partial charge is 0.314 e.